The zero-order chi connectivity index (χ0) is 19.5. The van der Waals surface area contributed by atoms with Crippen LogP contribution in [0.3, 0.4) is 0 Å². The fourth-order valence-electron chi connectivity index (χ4n) is 3.58. The Morgan fingerprint density at radius 2 is 1.93 bits per heavy atom. The van der Waals surface area contributed by atoms with Crippen LogP contribution in [0.5, 0.6) is 0 Å². The topological polar surface area (TPSA) is 40.9 Å². The molecule has 1 fully saturated rings. The molecule has 0 N–H and O–H groups in total. The van der Waals surface area contributed by atoms with Gasteiger partial charge in [0.25, 0.3) is 5.91 Å². The normalized spacial score (nSPS) is 14.6. The van der Waals surface area contributed by atoms with Crippen molar-refractivity contribution >= 4 is 34.8 Å². The molecule has 0 bridgehead atoms. The highest BCUT2D eigenvalue weighted by Crippen LogP contribution is 2.23. The number of carbonyl (C=O) groups excluding carboxylic acids is 1. The molecule has 0 radical (unpaired) electrons. The second-order valence-corrected chi connectivity index (χ2v) is 7.93. The number of imidazole rings is 1. The van der Waals surface area contributed by atoms with E-state index in [2.05, 4.69) is 9.88 Å². The summed E-state index contributed by atoms with van der Waals surface area (Å²) in [5.74, 6) is -0.0750. The quantitative estimate of drug-likeness (QED) is 0.598. The van der Waals surface area contributed by atoms with E-state index in [1.54, 1.807) is 12.3 Å². The molecule has 28 heavy (non-hydrogen) atoms. The van der Waals surface area contributed by atoms with E-state index < -0.39 is 0 Å². The third-order valence-corrected chi connectivity index (χ3v) is 5.85. The summed E-state index contributed by atoms with van der Waals surface area (Å²) in [5, 5.41) is 1.01. The molecule has 1 aromatic carbocycles. The SMILES string of the molecule is O=C(c1cn2ccccc2n1)N(CCN1CCCC1)Cc1ccc(Cl)c(Cl)c1. The molecule has 7 heteroatoms. The number of hydrogen-bond acceptors (Lipinski definition) is 3. The lowest BCUT2D eigenvalue weighted by Crippen LogP contribution is -2.37. The molecule has 2 aromatic heterocycles. The van der Waals surface area contributed by atoms with Crippen molar-refractivity contribution in [3.05, 3.63) is 70.1 Å². The van der Waals surface area contributed by atoms with Crippen LogP contribution in [0.2, 0.25) is 10.0 Å². The second kappa shape index (κ2) is 8.52. The lowest BCUT2D eigenvalue weighted by molar-refractivity contribution is 0.0722. The number of carbonyl (C=O) groups is 1. The Balaban J connectivity index is 1.56. The Kier molecular flexibility index (Phi) is 5.85. The first-order valence-corrected chi connectivity index (χ1v) is 10.2. The minimum Gasteiger partial charge on any atom is -0.332 e. The van der Waals surface area contributed by atoms with Crippen molar-refractivity contribution in [2.45, 2.75) is 19.4 Å². The van der Waals surface area contributed by atoms with Crippen LogP contribution in [0.4, 0.5) is 0 Å². The maximum absolute atomic E-state index is 13.2. The van der Waals surface area contributed by atoms with Crippen molar-refractivity contribution in [2.75, 3.05) is 26.2 Å². The number of pyridine rings is 1. The van der Waals surface area contributed by atoms with Crippen LogP contribution in [0.15, 0.2) is 48.8 Å². The molecule has 3 aromatic rings. The van der Waals surface area contributed by atoms with Crippen molar-refractivity contribution < 1.29 is 4.79 Å². The van der Waals surface area contributed by atoms with Crippen LogP contribution < -0.4 is 0 Å². The summed E-state index contributed by atoms with van der Waals surface area (Å²) in [6, 6.07) is 11.2. The van der Waals surface area contributed by atoms with Gasteiger partial charge in [-0.2, -0.15) is 0 Å². The summed E-state index contributed by atoms with van der Waals surface area (Å²) in [6.07, 6.45) is 6.14. The molecule has 0 atom stereocenters. The van der Waals surface area contributed by atoms with Crippen LogP contribution in [-0.4, -0.2) is 51.3 Å². The third-order valence-electron chi connectivity index (χ3n) is 5.11. The molecule has 0 saturated carbocycles. The van der Waals surface area contributed by atoms with Gasteiger partial charge in [0.05, 0.1) is 10.0 Å². The smallest absolute Gasteiger partial charge is 0.274 e. The molecule has 146 valence electrons. The molecule has 0 unspecified atom stereocenters. The predicted molar refractivity (Wildman–Crippen MR) is 112 cm³/mol. The molecule has 5 nitrogen and oxygen atoms in total. The van der Waals surface area contributed by atoms with E-state index in [1.165, 1.54) is 12.8 Å². The first-order valence-electron chi connectivity index (χ1n) is 9.49. The number of hydrogen-bond donors (Lipinski definition) is 0. The summed E-state index contributed by atoms with van der Waals surface area (Å²) in [6.45, 7) is 4.18. The molecule has 4 rings (SSSR count). The van der Waals surface area contributed by atoms with E-state index in [4.69, 9.17) is 23.2 Å². The summed E-state index contributed by atoms with van der Waals surface area (Å²) >= 11 is 12.2. The molecular weight excluding hydrogens is 395 g/mol. The fourth-order valence-corrected chi connectivity index (χ4v) is 3.90. The zero-order valence-electron chi connectivity index (χ0n) is 15.5. The fraction of sp³-hybridized carbons (Fsp3) is 0.333. The molecule has 0 spiro atoms. The van der Waals surface area contributed by atoms with Crippen LogP contribution in [0.1, 0.15) is 28.9 Å². The standard InChI is InChI=1S/C21H22Cl2N4O/c22-17-7-6-16(13-18(17)23)14-27(12-11-25-8-3-4-9-25)21(28)19-15-26-10-2-1-5-20(26)24-19/h1-2,5-7,10,13,15H,3-4,8-9,11-12,14H2. The Hall–Kier alpha value is -2.08. The number of amides is 1. The number of likely N-dealkylation sites (tertiary alicyclic amines) is 1. The number of benzene rings is 1. The molecular formula is C21H22Cl2N4O. The first kappa shape index (κ1) is 19.2. The monoisotopic (exact) mass is 416 g/mol. The van der Waals surface area contributed by atoms with E-state index in [-0.39, 0.29) is 5.91 Å². The maximum Gasteiger partial charge on any atom is 0.274 e. The number of fused-ring (bicyclic) bond motifs is 1. The van der Waals surface area contributed by atoms with Gasteiger partial charge in [0, 0.05) is 32.0 Å². The van der Waals surface area contributed by atoms with Crippen molar-refractivity contribution in [2.24, 2.45) is 0 Å². The Morgan fingerprint density at radius 1 is 1.11 bits per heavy atom. The molecule has 1 aliphatic heterocycles. The van der Waals surface area contributed by atoms with Gasteiger partial charge in [-0.05, 0) is 55.8 Å². The minimum absolute atomic E-state index is 0.0750. The van der Waals surface area contributed by atoms with E-state index in [0.717, 1.165) is 30.8 Å². The molecule has 1 aliphatic rings. The van der Waals surface area contributed by atoms with Gasteiger partial charge in [-0.1, -0.05) is 35.3 Å². The minimum atomic E-state index is -0.0750. The third kappa shape index (κ3) is 4.32. The first-order chi connectivity index (χ1) is 13.6. The Bertz CT molecular complexity index is 948. The van der Waals surface area contributed by atoms with Crippen molar-refractivity contribution in [1.82, 2.24) is 19.2 Å². The largest absolute Gasteiger partial charge is 0.332 e. The molecule has 3 heterocycles. The summed E-state index contributed by atoms with van der Waals surface area (Å²) < 4.78 is 1.87. The van der Waals surface area contributed by atoms with Gasteiger partial charge < -0.3 is 14.2 Å². The van der Waals surface area contributed by atoms with E-state index in [1.807, 2.05) is 45.8 Å². The van der Waals surface area contributed by atoms with Gasteiger partial charge in [-0.3, -0.25) is 4.79 Å². The zero-order valence-corrected chi connectivity index (χ0v) is 17.0. The molecule has 0 aliphatic carbocycles. The highest BCUT2D eigenvalue weighted by Gasteiger charge is 2.21. The van der Waals surface area contributed by atoms with Crippen molar-refractivity contribution in [3.63, 3.8) is 0 Å². The highest BCUT2D eigenvalue weighted by molar-refractivity contribution is 6.42. The molecule has 1 saturated heterocycles. The van der Waals surface area contributed by atoms with Crippen LogP contribution in [0.25, 0.3) is 5.65 Å². The van der Waals surface area contributed by atoms with Crippen LogP contribution >= 0.6 is 23.2 Å². The summed E-state index contributed by atoms with van der Waals surface area (Å²) in [5.41, 5.74) is 2.17. The van der Waals surface area contributed by atoms with Gasteiger partial charge in [0.15, 0.2) is 0 Å². The van der Waals surface area contributed by atoms with Gasteiger partial charge in [0.1, 0.15) is 11.3 Å². The summed E-state index contributed by atoms with van der Waals surface area (Å²) in [4.78, 5) is 22.0. The van der Waals surface area contributed by atoms with Gasteiger partial charge in [-0.15, -0.1) is 0 Å². The summed E-state index contributed by atoms with van der Waals surface area (Å²) in [7, 11) is 0. The Labute approximate surface area is 174 Å². The number of nitrogens with zero attached hydrogens (tertiary/aromatic N) is 4. The van der Waals surface area contributed by atoms with E-state index in [0.29, 0.717) is 28.8 Å². The number of halogens is 2. The second-order valence-electron chi connectivity index (χ2n) is 7.12. The molecule has 1 amide bonds. The van der Waals surface area contributed by atoms with Gasteiger partial charge in [-0.25, -0.2) is 4.98 Å². The van der Waals surface area contributed by atoms with E-state index >= 15 is 0 Å². The average Bonchev–Trinajstić information content (AvgIpc) is 3.36. The maximum atomic E-state index is 13.2. The van der Waals surface area contributed by atoms with Crippen LogP contribution in [-0.2, 0) is 6.54 Å². The Morgan fingerprint density at radius 3 is 2.68 bits per heavy atom. The number of rotatable bonds is 6. The average molecular weight is 417 g/mol. The van der Waals surface area contributed by atoms with Crippen molar-refractivity contribution in [1.29, 1.82) is 0 Å². The lowest BCUT2D eigenvalue weighted by atomic mass is 10.2. The van der Waals surface area contributed by atoms with Crippen LogP contribution in [0, 0.1) is 0 Å². The van der Waals surface area contributed by atoms with Gasteiger partial charge >= 0.3 is 0 Å². The van der Waals surface area contributed by atoms with Gasteiger partial charge in [0.2, 0.25) is 0 Å². The highest BCUT2D eigenvalue weighted by atomic mass is 35.5. The van der Waals surface area contributed by atoms with E-state index in [9.17, 15) is 4.79 Å². The van der Waals surface area contributed by atoms with Crippen molar-refractivity contribution in [3.8, 4) is 0 Å². The number of aromatic nitrogens is 2. The lowest BCUT2D eigenvalue weighted by Gasteiger charge is -2.25. The predicted octanol–water partition coefficient (Wildman–Crippen LogP) is 4.38.